The zero-order chi connectivity index (χ0) is 15.1. The van der Waals surface area contributed by atoms with Crippen LogP contribution in [0.3, 0.4) is 0 Å². The van der Waals surface area contributed by atoms with Crippen LogP contribution in [-0.4, -0.2) is 17.0 Å². The molecular weight excluding hydrogens is 290 g/mol. The molecule has 6 heteroatoms. The number of hydrogen-bond acceptors (Lipinski definition) is 4. The fraction of sp³-hybridized carbons (Fsp3) is 0.333. The Balaban J connectivity index is 1.94. The monoisotopic (exact) mass is 305 g/mol. The Labute approximate surface area is 125 Å². The van der Waals surface area contributed by atoms with Crippen LogP contribution in [0.1, 0.15) is 49.1 Å². The lowest BCUT2D eigenvalue weighted by molar-refractivity contribution is 0.0697. The summed E-state index contributed by atoms with van der Waals surface area (Å²) in [5.41, 5.74) is 1.57. The van der Waals surface area contributed by atoms with E-state index in [0.29, 0.717) is 22.1 Å². The second-order valence-corrected chi connectivity index (χ2v) is 6.25. The molecule has 2 aromatic heterocycles. The van der Waals surface area contributed by atoms with Crippen LogP contribution in [0.5, 0.6) is 0 Å². The fourth-order valence-electron chi connectivity index (χ4n) is 2.75. The Morgan fingerprint density at radius 1 is 1.33 bits per heavy atom. The van der Waals surface area contributed by atoms with E-state index in [1.165, 1.54) is 11.3 Å². The summed E-state index contributed by atoms with van der Waals surface area (Å²) < 4.78 is 5.34. The number of fused-ring (bicyclic) bond motifs is 1. The predicted molar refractivity (Wildman–Crippen MR) is 79.4 cm³/mol. The molecule has 3 rings (SSSR count). The molecule has 5 nitrogen and oxygen atoms in total. The minimum Gasteiger partial charge on any atom is -0.478 e. The standard InChI is InChI=1S/C15H15NO4S/c1-7-6-10(8(2)20-7)13(17)16-14-12(15(18)19)9-4-3-5-11(9)21-14/h6H,3-5H2,1-2H3,(H,16,17)(H,18,19). The topological polar surface area (TPSA) is 79.5 Å². The minimum absolute atomic E-state index is 0.249. The van der Waals surface area contributed by atoms with Crippen molar-refractivity contribution in [3.05, 3.63) is 39.2 Å². The first kappa shape index (κ1) is 13.9. The van der Waals surface area contributed by atoms with E-state index < -0.39 is 5.97 Å². The van der Waals surface area contributed by atoms with Gasteiger partial charge in [0.15, 0.2) is 0 Å². The molecule has 0 atom stereocenters. The van der Waals surface area contributed by atoms with Gasteiger partial charge >= 0.3 is 5.97 Å². The van der Waals surface area contributed by atoms with Crippen molar-refractivity contribution < 1.29 is 19.1 Å². The predicted octanol–water partition coefficient (Wildman–Crippen LogP) is 3.40. The molecule has 110 valence electrons. The average Bonchev–Trinajstić information content (AvgIpc) is 3.02. The molecule has 0 aliphatic heterocycles. The van der Waals surface area contributed by atoms with Crippen LogP contribution in [0.2, 0.25) is 0 Å². The van der Waals surface area contributed by atoms with Crippen LogP contribution in [0, 0.1) is 13.8 Å². The molecule has 21 heavy (non-hydrogen) atoms. The largest absolute Gasteiger partial charge is 0.478 e. The third-order valence-electron chi connectivity index (χ3n) is 3.65. The highest BCUT2D eigenvalue weighted by atomic mass is 32.1. The van der Waals surface area contributed by atoms with E-state index in [1.807, 2.05) is 0 Å². The molecule has 2 heterocycles. The van der Waals surface area contributed by atoms with Gasteiger partial charge in [-0.2, -0.15) is 0 Å². The molecular formula is C15H15NO4S. The zero-order valence-corrected chi connectivity index (χ0v) is 12.6. The van der Waals surface area contributed by atoms with Crippen molar-refractivity contribution >= 4 is 28.2 Å². The van der Waals surface area contributed by atoms with Gasteiger partial charge in [0, 0.05) is 4.88 Å². The Morgan fingerprint density at radius 3 is 2.71 bits per heavy atom. The summed E-state index contributed by atoms with van der Waals surface area (Å²) in [6.45, 7) is 3.49. The molecule has 1 aliphatic rings. The van der Waals surface area contributed by atoms with E-state index in [9.17, 15) is 14.7 Å². The maximum absolute atomic E-state index is 12.3. The lowest BCUT2D eigenvalue weighted by atomic mass is 10.1. The van der Waals surface area contributed by atoms with Crippen molar-refractivity contribution in [2.45, 2.75) is 33.1 Å². The Bertz CT molecular complexity index is 741. The number of amides is 1. The van der Waals surface area contributed by atoms with Crippen LogP contribution in [0.25, 0.3) is 0 Å². The van der Waals surface area contributed by atoms with Crippen molar-refractivity contribution in [3.8, 4) is 0 Å². The SMILES string of the molecule is Cc1cc(C(=O)Nc2sc3c(c2C(=O)O)CCC3)c(C)o1. The van der Waals surface area contributed by atoms with Crippen molar-refractivity contribution in [1.29, 1.82) is 0 Å². The summed E-state index contributed by atoms with van der Waals surface area (Å²) >= 11 is 1.37. The summed E-state index contributed by atoms with van der Waals surface area (Å²) in [6.07, 6.45) is 2.64. The fourth-order valence-corrected chi connectivity index (χ4v) is 4.02. The lowest BCUT2D eigenvalue weighted by Gasteiger charge is -2.04. The van der Waals surface area contributed by atoms with E-state index in [1.54, 1.807) is 19.9 Å². The number of rotatable bonds is 3. The maximum atomic E-state index is 12.3. The minimum atomic E-state index is -0.982. The number of aromatic carboxylic acids is 1. The van der Waals surface area contributed by atoms with E-state index in [4.69, 9.17) is 4.42 Å². The molecule has 0 saturated heterocycles. The number of carbonyl (C=O) groups is 2. The summed E-state index contributed by atoms with van der Waals surface area (Å²) in [5.74, 6) is -0.118. The second kappa shape index (κ2) is 5.04. The van der Waals surface area contributed by atoms with Gasteiger partial charge in [0.05, 0.1) is 11.1 Å². The van der Waals surface area contributed by atoms with Gasteiger partial charge < -0.3 is 14.8 Å². The molecule has 2 N–H and O–H groups in total. The Hall–Kier alpha value is -2.08. The highest BCUT2D eigenvalue weighted by Crippen LogP contribution is 2.39. The second-order valence-electron chi connectivity index (χ2n) is 5.15. The van der Waals surface area contributed by atoms with Crippen molar-refractivity contribution in [1.82, 2.24) is 0 Å². The third kappa shape index (κ3) is 2.35. The molecule has 0 unspecified atom stereocenters. The van der Waals surface area contributed by atoms with Gasteiger partial charge in [0.25, 0.3) is 5.91 Å². The Morgan fingerprint density at radius 2 is 2.10 bits per heavy atom. The molecule has 1 amide bonds. The quantitative estimate of drug-likeness (QED) is 0.911. The number of hydrogen-bond donors (Lipinski definition) is 2. The normalized spacial score (nSPS) is 13.2. The summed E-state index contributed by atoms with van der Waals surface area (Å²) in [5, 5.41) is 12.6. The number of thiophene rings is 1. The van der Waals surface area contributed by atoms with E-state index in [0.717, 1.165) is 29.7 Å². The average molecular weight is 305 g/mol. The van der Waals surface area contributed by atoms with Crippen LogP contribution in [-0.2, 0) is 12.8 Å². The number of carboxylic acid groups (broad SMARTS) is 1. The maximum Gasteiger partial charge on any atom is 0.339 e. The highest BCUT2D eigenvalue weighted by Gasteiger charge is 2.27. The number of aryl methyl sites for hydroxylation is 3. The van der Waals surface area contributed by atoms with Crippen molar-refractivity contribution in [2.24, 2.45) is 0 Å². The molecule has 0 bridgehead atoms. The summed E-state index contributed by atoms with van der Waals surface area (Å²) in [7, 11) is 0. The summed E-state index contributed by atoms with van der Waals surface area (Å²) in [6, 6.07) is 1.66. The van der Waals surface area contributed by atoms with Gasteiger partial charge in [-0.1, -0.05) is 0 Å². The zero-order valence-electron chi connectivity index (χ0n) is 11.8. The number of carbonyl (C=O) groups excluding carboxylic acids is 1. The van der Waals surface area contributed by atoms with E-state index in [2.05, 4.69) is 5.32 Å². The van der Waals surface area contributed by atoms with Gasteiger partial charge in [-0.3, -0.25) is 4.79 Å². The molecule has 0 spiro atoms. The van der Waals surface area contributed by atoms with Gasteiger partial charge in [-0.15, -0.1) is 11.3 Å². The van der Waals surface area contributed by atoms with Crippen LogP contribution >= 0.6 is 11.3 Å². The summed E-state index contributed by atoms with van der Waals surface area (Å²) in [4.78, 5) is 24.8. The van der Waals surface area contributed by atoms with Crippen LogP contribution in [0.4, 0.5) is 5.00 Å². The first-order valence-corrected chi connectivity index (χ1v) is 7.55. The number of nitrogens with one attached hydrogen (secondary N) is 1. The van der Waals surface area contributed by atoms with E-state index >= 15 is 0 Å². The van der Waals surface area contributed by atoms with Crippen LogP contribution < -0.4 is 5.32 Å². The molecule has 0 radical (unpaired) electrons. The number of anilines is 1. The van der Waals surface area contributed by atoms with Crippen molar-refractivity contribution in [3.63, 3.8) is 0 Å². The molecule has 2 aromatic rings. The number of carboxylic acids is 1. The molecule has 0 aromatic carbocycles. The number of furan rings is 1. The van der Waals surface area contributed by atoms with Crippen LogP contribution in [0.15, 0.2) is 10.5 Å². The van der Waals surface area contributed by atoms with Crippen molar-refractivity contribution in [2.75, 3.05) is 5.32 Å². The molecule has 1 aliphatic carbocycles. The van der Waals surface area contributed by atoms with Gasteiger partial charge in [0.2, 0.25) is 0 Å². The lowest BCUT2D eigenvalue weighted by Crippen LogP contribution is -2.14. The first-order valence-electron chi connectivity index (χ1n) is 6.73. The van der Waals surface area contributed by atoms with Gasteiger partial charge in [0.1, 0.15) is 16.5 Å². The van der Waals surface area contributed by atoms with Gasteiger partial charge in [-0.25, -0.2) is 4.79 Å². The Kier molecular flexibility index (Phi) is 3.33. The van der Waals surface area contributed by atoms with E-state index in [-0.39, 0.29) is 11.5 Å². The molecule has 0 saturated carbocycles. The first-order chi connectivity index (χ1) is 9.97. The third-order valence-corrected chi connectivity index (χ3v) is 4.86. The highest BCUT2D eigenvalue weighted by molar-refractivity contribution is 7.17. The molecule has 0 fully saturated rings. The smallest absolute Gasteiger partial charge is 0.339 e. The van der Waals surface area contributed by atoms with Gasteiger partial charge in [-0.05, 0) is 44.7 Å².